The normalized spacial score (nSPS) is 9.62. The Morgan fingerprint density at radius 3 is 1.44 bits per heavy atom. The van der Waals surface area contributed by atoms with Crippen LogP contribution in [0.2, 0.25) is 0 Å². The zero-order valence-corrected chi connectivity index (χ0v) is 8.61. The summed E-state index contributed by atoms with van der Waals surface area (Å²) in [5.41, 5.74) is -0.844. The van der Waals surface area contributed by atoms with Crippen molar-refractivity contribution >= 4 is 23.6 Å². The van der Waals surface area contributed by atoms with Gasteiger partial charge in [0.15, 0.2) is 11.6 Å². The first-order valence-corrected chi connectivity index (χ1v) is 4.25. The Kier molecular flexibility index (Phi) is 3.24. The number of rotatable bonds is 4. The average Bonchev–Trinajstić information content (AvgIpc) is 2.26. The number of anilines is 2. The van der Waals surface area contributed by atoms with Crippen LogP contribution in [0.1, 0.15) is 20.7 Å². The standard InChI is InChI=1S/C8H10N4O4/c1-9-5-3(7(13)14)4(8(15)16)6(10-2)12-11-5/h1-2H3,(H,9,11)(H,10,12)(H,13,14)(H,15,16). The molecule has 0 atom stereocenters. The number of aromatic nitrogens is 2. The van der Waals surface area contributed by atoms with Crippen LogP contribution in [0, 0.1) is 0 Å². The van der Waals surface area contributed by atoms with Crippen LogP contribution in [-0.2, 0) is 0 Å². The lowest BCUT2D eigenvalue weighted by Gasteiger charge is -2.10. The lowest BCUT2D eigenvalue weighted by atomic mass is 10.1. The van der Waals surface area contributed by atoms with Crippen LogP contribution in [0.15, 0.2) is 0 Å². The van der Waals surface area contributed by atoms with Gasteiger partial charge in [0.05, 0.1) is 0 Å². The third kappa shape index (κ3) is 1.85. The summed E-state index contributed by atoms with van der Waals surface area (Å²) in [5.74, 6) is -2.95. The lowest BCUT2D eigenvalue weighted by Crippen LogP contribution is -2.17. The molecule has 0 spiro atoms. The molecule has 0 aliphatic rings. The molecule has 0 saturated carbocycles. The van der Waals surface area contributed by atoms with Crippen molar-refractivity contribution in [3.63, 3.8) is 0 Å². The van der Waals surface area contributed by atoms with Crippen LogP contribution in [0.3, 0.4) is 0 Å². The van der Waals surface area contributed by atoms with Gasteiger partial charge in [-0.1, -0.05) is 0 Å². The summed E-state index contributed by atoms with van der Waals surface area (Å²) in [6, 6.07) is 0. The minimum atomic E-state index is -1.38. The molecule has 0 unspecified atom stereocenters. The summed E-state index contributed by atoms with van der Waals surface area (Å²) in [6.45, 7) is 0. The van der Waals surface area contributed by atoms with Crippen molar-refractivity contribution in [2.45, 2.75) is 0 Å². The molecule has 0 saturated heterocycles. The molecule has 0 amide bonds. The molecule has 0 bridgehead atoms. The molecule has 0 aromatic carbocycles. The first-order valence-electron chi connectivity index (χ1n) is 4.25. The van der Waals surface area contributed by atoms with Crippen LogP contribution in [-0.4, -0.2) is 46.4 Å². The van der Waals surface area contributed by atoms with Gasteiger partial charge < -0.3 is 20.8 Å². The van der Waals surface area contributed by atoms with Gasteiger partial charge in [0.25, 0.3) is 0 Å². The molecule has 1 aromatic rings. The van der Waals surface area contributed by atoms with Crippen molar-refractivity contribution in [3.8, 4) is 0 Å². The molecule has 0 aliphatic carbocycles. The molecule has 8 nitrogen and oxygen atoms in total. The first kappa shape index (κ1) is 11.7. The molecular formula is C8H10N4O4. The molecular weight excluding hydrogens is 216 g/mol. The van der Waals surface area contributed by atoms with Crippen molar-refractivity contribution in [1.29, 1.82) is 0 Å². The van der Waals surface area contributed by atoms with Crippen molar-refractivity contribution in [2.75, 3.05) is 24.7 Å². The second kappa shape index (κ2) is 4.43. The fourth-order valence-electron chi connectivity index (χ4n) is 1.20. The van der Waals surface area contributed by atoms with E-state index < -0.39 is 23.1 Å². The molecule has 16 heavy (non-hydrogen) atoms. The maximum atomic E-state index is 11.0. The fraction of sp³-hybridized carbons (Fsp3) is 0.250. The predicted molar refractivity (Wildman–Crippen MR) is 55.0 cm³/mol. The number of nitrogens with zero attached hydrogens (tertiary/aromatic N) is 2. The van der Waals surface area contributed by atoms with E-state index in [1.165, 1.54) is 14.1 Å². The SMILES string of the molecule is CNc1nnc(NC)c(C(=O)O)c1C(=O)O. The predicted octanol–water partition coefficient (Wildman–Crippen LogP) is -0.0436. The highest BCUT2D eigenvalue weighted by Crippen LogP contribution is 2.22. The van der Waals surface area contributed by atoms with Crippen LogP contribution in [0.5, 0.6) is 0 Å². The van der Waals surface area contributed by atoms with E-state index in [0.29, 0.717) is 0 Å². The average molecular weight is 226 g/mol. The number of hydrogen-bond acceptors (Lipinski definition) is 6. The number of carboxylic acid groups (broad SMARTS) is 2. The number of carbonyl (C=O) groups is 2. The highest BCUT2D eigenvalue weighted by Gasteiger charge is 2.25. The monoisotopic (exact) mass is 226 g/mol. The van der Waals surface area contributed by atoms with Gasteiger partial charge in [-0.3, -0.25) is 0 Å². The largest absolute Gasteiger partial charge is 0.478 e. The minimum Gasteiger partial charge on any atom is -0.478 e. The van der Waals surface area contributed by atoms with Gasteiger partial charge in [0, 0.05) is 14.1 Å². The van der Waals surface area contributed by atoms with Crippen molar-refractivity contribution in [1.82, 2.24) is 10.2 Å². The number of nitrogens with one attached hydrogen (secondary N) is 2. The summed E-state index contributed by atoms with van der Waals surface area (Å²) in [6.07, 6.45) is 0. The maximum Gasteiger partial charge on any atom is 0.340 e. The number of carboxylic acids is 2. The van der Waals surface area contributed by atoms with E-state index in [1.807, 2.05) is 0 Å². The highest BCUT2D eigenvalue weighted by atomic mass is 16.4. The molecule has 4 N–H and O–H groups in total. The summed E-state index contributed by atoms with van der Waals surface area (Å²) in [5, 5.41) is 30.0. The van der Waals surface area contributed by atoms with E-state index in [-0.39, 0.29) is 11.6 Å². The van der Waals surface area contributed by atoms with Gasteiger partial charge in [0.2, 0.25) is 0 Å². The summed E-state index contributed by atoms with van der Waals surface area (Å²) >= 11 is 0. The highest BCUT2D eigenvalue weighted by molar-refractivity contribution is 6.07. The van der Waals surface area contributed by atoms with Gasteiger partial charge in [-0.2, -0.15) is 0 Å². The Morgan fingerprint density at radius 2 is 1.25 bits per heavy atom. The molecule has 1 rings (SSSR count). The molecule has 1 aromatic heterocycles. The zero-order valence-electron chi connectivity index (χ0n) is 8.61. The Bertz CT molecular complexity index is 405. The van der Waals surface area contributed by atoms with Crippen molar-refractivity contribution in [2.24, 2.45) is 0 Å². The second-order valence-electron chi connectivity index (χ2n) is 2.76. The minimum absolute atomic E-state index is 0.0936. The summed E-state index contributed by atoms with van der Waals surface area (Å²) in [4.78, 5) is 22.0. The van der Waals surface area contributed by atoms with Gasteiger partial charge in [0.1, 0.15) is 11.1 Å². The molecule has 8 heteroatoms. The molecule has 86 valence electrons. The number of hydrogen-bond donors (Lipinski definition) is 4. The lowest BCUT2D eigenvalue weighted by molar-refractivity contribution is 0.0652. The van der Waals surface area contributed by atoms with E-state index in [9.17, 15) is 9.59 Å². The Balaban J connectivity index is 3.60. The third-order valence-electron chi connectivity index (χ3n) is 1.87. The second-order valence-corrected chi connectivity index (χ2v) is 2.76. The summed E-state index contributed by atoms with van der Waals surface area (Å²) < 4.78 is 0. The molecule has 0 radical (unpaired) electrons. The smallest absolute Gasteiger partial charge is 0.340 e. The van der Waals surface area contributed by atoms with E-state index in [1.54, 1.807) is 0 Å². The van der Waals surface area contributed by atoms with E-state index >= 15 is 0 Å². The van der Waals surface area contributed by atoms with Crippen LogP contribution >= 0.6 is 0 Å². The zero-order chi connectivity index (χ0) is 12.3. The van der Waals surface area contributed by atoms with Gasteiger partial charge in [-0.05, 0) is 0 Å². The van der Waals surface area contributed by atoms with Crippen LogP contribution in [0.4, 0.5) is 11.6 Å². The van der Waals surface area contributed by atoms with Crippen molar-refractivity contribution in [3.05, 3.63) is 11.1 Å². The Labute approximate surface area is 90.3 Å². The first-order chi connectivity index (χ1) is 7.52. The van der Waals surface area contributed by atoms with Crippen LogP contribution in [0.25, 0.3) is 0 Å². The Morgan fingerprint density at radius 1 is 0.938 bits per heavy atom. The van der Waals surface area contributed by atoms with E-state index in [0.717, 1.165) is 0 Å². The van der Waals surface area contributed by atoms with Gasteiger partial charge >= 0.3 is 11.9 Å². The molecule has 0 aliphatic heterocycles. The fourth-order valence-corrected chi connectivity index (χ4v) is 1.20. The van der Waals surface area contributed by atoms with Gasteiger partial charge in [-0.25, -0.2) is 9.59 Å². The third-order valence-corrected chi connectivity index (χ3v) is 1.87. The van der Waals surface area contributed by atoms with E-state index in [2.05, 4.69) is 20.8 Å². The van der Waals surface area contributed by atoms with Gasteiger partial charge in [-0.15, -0.1) is 10.2 Å². The van der Waals surface area contributed by atoms with E-state index in [4.69, 9.17) is 10.2 Å². The van der Waals surface area contributed by atoms with Crippen molar-refractivity contribution < 1.29 is 19.8 Å². The molecule has 0 fully saturated rings. The maximum absolute atomic E-state index is 11.0. The topological polar surface area (TPSA) is 124 Å². The molecule has 1 heterocycles. The quantitative estimate of drug-likeness (QED) is 0.563. The summed E-state index contributed by atoms with van der Waals surface area (Å²) in [7, 11) is 2.86. The van der Waals surface area contributed by atoms with Crippen LogP contribution < -0.4 is 10.6 Å². The number of aromatic carboxylic acids is 2. The Hall–Kier alpha value is -2.38.